The number of amides is 1. The third-order valence-corrected chi connectivity index (χ3v) is 4.94. The molecule has 0 saturated carbocycles. The number of anilines is 1. The van der Waals surface area contributed by atoms with Gasteiger partial charge in [-0.25, -0.2) is 0 Å². The lowest BCUT2D eigenvalue weighted by atomic mass is 10.1. The van der Waals surface area contributed by atoms with Crippen LogP contribution < -0.4 is 5.32 Å². The summed E-state index contributed by atoms with van der Waals surface area (Å²) in [5, 5.41) is 13.0. The predicted molar refractivity (Wildman–Crippen MR) is 105 cm³/mol. The van der Waals surface area contributed by atoms with Crippen molar-refractivity contribution in [1.82, 2.24) is 10.2 Å². The van der Waals surface area contributed by atoms with Gasteiger partial charge in [0.25, 0.3) is 11.1 Å². The molecule has 28 heavy (non-hydrogen) atoms. The lowest BCUT2D eigenvalue weighted by Crippen LogP contribution is -2.13. The summed E-state index contributed by atoms with van der Waals surface area (Å²) in [6.45, 7) is 0. The van der Waals surface area contributed by atoms with Gasteiger partial charge >= 0.3 is 0 Å². The fourth-order valence-electron chi connectivity index (χ4n) is 2.90. The van der Waals surface area contributed by atoms with E-state index in [2.05, 4.69) is 15.5 Å². The summed E-state index contributed by atoms with van der Waals surface area (Å²) in [6, 6.07) is 16.8. The lowest BCUT2D eigenvalue weighted by molar-refractivity contribution is -0.113. The molecule has 0 radical (unpaired) electrons. The third kappa shape index (κ3) is 3.14. The van der Waals surface area contributed by atoms with E-state index in [1.165, 1.54) is 6.26 Å². The first kappa shape index (κ1) is 16.6. The molecule has 0 aliphatic rings. The highest BCUT2D eigenvalue weighted by molar-refractivity contribution is 7.99. The van der Waals surface area contributed by atoms with E-state index in [-0.39, 0.29) is 17.6 Å². The summed E-state index contributed by atoms with van der Waals surface area (Å²) < 4.78 is 16.5. The van der Waals surface area contributed by atoms with E-state index in [1.54, 1.807) is 12.1 Å². The Morgan fingerprint density at radius 2 is 1.86 bits per heavy atom. The standard InChI is InChI=1S/C20H13N3O4S/c24-18(11-28-20-23-22-19(27-20)17-6-3-9-25-17)21-12-7-8-16-14(10-12)13-4-1-2-5-15(13)26-16/h1-10H,11H2,(H,21,24). The summed E-state index contributed by atoms with van der Waals surface area (Å²) in [7, 11) is 0. The van der Waals surface area contributed by atoms with Crippen molar-refractivity contribution in [2.24, 2.45) is 0 Å². The van der Waals surface area contributed by atoms with Gasteiger partial charge in [0, 0.05) is 16.5 Å². The van der Waals surface area contributed by atoms with Gasteiger partial charge in [-0.2, -0.15) is 0 Å². The van der Waals surface area contributed by atoms with Gasteiger partial charge in [0.05, 0.1) is 12.0 Å². The van der Waals surface area contributed by atoms with Crippen molar-refractivity contribution in [1.29, 1.82) is 0 Å². The molecule has 0 atom stereocenters. The molecule has 3 heterocycles. The minimum absolute atomic E-state index is 0.143. The number of hydrogen-bond acceptors (Lipinski definition) is 7. The first-order chi connectivity index (χ1) is 13.8. The molecule has 8 heteroatoms. The molecule has 5 rings (SSSR count). The Bertz CT molecular complexity index is 1270. The van der Waals surface area contributed by atoms with Gasteiger partial charge < -0.3 is 18.6 Å². The third-order valence-electron chi connectivity index (χ3n) is 4.13. The normalized spacial score (nSPS) is 11.3. The molecule has 3 aromatic heterocycles. The highest BCUT2D eigenvalue weighted by Crippen LogP contribution is 2.30. The second-order valence-electron chi connectivity index (χ2n) is 6.00. The number of hydrogen-bond donors (Lipinski definition) is 1. The highest BCUT2D eigenvalue weighted by Gasteiger charge is 2.13. The number of para-hydroxylation sites is 1. The maximum absolute atomic E-state index is 12.3. The van der Waals surface area contributed by atoms with E-state index in [4.69, 9.17) is 13.3 Å². The Kier molecular flexibility index (Phi) is 4.10. The molecular formula is C20H13N3O4S. The number of fused-ring (bicyclic) bond motifs is 3. The van der Waals surface area contributed by atoms with Crippen LogP contribution in [0.5, 0.6) is 0 Å². The van der Waals surface area contributed by atoms with E-state index in [0.717, 1.165) is 33.7 Å². The zero-order valence-electron chi connectivity index (χ0n) is 14.4. The van der Waals surface area contributed by atoms with Crippen molar-refractivity contribution < 1.29 is 18.0 Å². The van der Waals surface area contributed by atoms with Crippen LogP contribution in [0.3, 0.4) is 0 Å². The number of rotatable bonds is 5. The molecule has 0 aliphatic heterocycles. The van der Waals surface area contributed by atoms with Crippen molar-refractivity contribution in [2.45, 2.75) is 5.22 Å². The van der Waals surface area contributed by atoms with Crippen LogP contribution in [0.25, 0.3) is 33.6 Å². The second-order valence-corrected chi connectivity index (χ2v) is 6.92. The Labute approximate surface area is 162 Å². The largest absolute Gasteiger partial charge is 0.459 e. The minimum Gasteiger partial charge on any atom is -0.459 e. The van der Waals surface area contributed by atoms with Crippen LogP contribution in [0.1, 0.15) is 0 Å². The summed E-state index contributed by atoms with van der Waals surface area (Å²) in [5.74, 6) is 0.744. The van der Waals surface area contributed by atoms with Crippen LogP contribution in [0.2, 0.25) is 0 Å². The lowest BCUT2D eigenvalue weighted by Gasteiger charge is -2.04. The maximum Gasteiger partial charge on any atom is 0.284 e. The Balaban J connectivity index is 1.27. The van der Waals surface area contributed by atoms with Crippen LogP contribution in [-0.4, -0.2) is 21.9 Å². The molecule has 138 valence electrons. The predicted octanol–water partition coefficient (Wildman–Crippen LogP) is 4.96. The van der Waals surface area contributed by atoms with E-state index in [9.17, 15) is 4.79 Å². The van der Waals surface area contributed by atoms with E-state index >= 15 is 0 Å². The summed E-state index contributed by atoms with van der Waals surface area (Å²) in [6.07, 6.45) is 1.53. The van der Waals surface area contributed by atoms with E-state index in [1.807, 2.05) is 42.5 Å². The van der Waals surface area contributed by atoms with E-state index in [0.29, 0.717) is 16.7 Å². The van der Waals surface area contributed by atoms with Crippen LogP contribution >= 0.6 is 11.8 Å². The quantitative estimate of drug-likeness (QED) is 0.423. The molecule has 0 fully saturated rings. The summed E-state index contributed by atoms with van der Waals surface area (Å²) in [5.41, 5.74) is 2.30. The fourth-order valence-corrected chi connectivity index (χ4v) is 3.46. The average Bonchev–Trinajstić information content (AvgIpc) is 3.45. The molecular weight excluding hydrogens is 378 g/mol. The number of nitrogens with one attached hydrogen (secondary N) is 1. The van der Waals surface area contributed by atoms with Crippen LogP contribution in [0.15, 0.2) is 79.3 Å². The maximum atomic E-state index is 12.3. The monoisotopic (exact) mass is 391 g/mol. The molecule has 0 aliphatic carbocycles. The van der Waals surface area contributed by atoms with Gasteiger partial charge in [-0.1, -0.05) is 30.0 Å². The average molecular weight is 391 g/mol. The number of nitrogens with zero attached hydrogens (tertiary/aromatic N) is 2. The number of carbonyl (C=O) groups is 1. The smallest absolute Gasteiger partial charge is 0.284 e. The van der Waals surface area contributed by atoms with Crippen molar-refractivity contribution in [3.63, 3.8) is 0 Å². The number of benzene rings is 2. The molecule has 0 bridgehead atoms. The fraction of sp³-hybridized carbons (Fsp3) is 0.0500. The Morgan fingerprint density at radius 3 is 2.75 bits per heavy atom. The van der Waals surface area contributed by atoms with Gasteiger partial charge in [0.2, 0.25) is 5.91 Å². The molecule has 7 nitrogen and oxygen atoms in total. The first-order valence-corrected chi connectivity index (χ1v) is 9.46. The molecule has 0 saturated heterocycles. The zero-order chi connectivity index (χ0) is 18.9. The van der Waals surface area contributed by atoms with Crippen LogP contribution in [-0.2, 0) is 4.79 Å². The second kappa shape index (κ2) is 6.90. The SMILES string of the molecule is O=C(CSc1nnc(-c2ccco2)o1)Nc1ccc2oc3ccccc3c2c1. The van der Waals surface area contributed by atoms with Crippen molar-refractivity contribution >= 4 is 45.3 Å². The van der Waals surface area contributed by atoms with Gasteiger partial charge in [-0.3, -0.25) is 4.79 Å². The van der Waals surface area contributed by atoms with Crippen LogP contribution in [0.4, 0.5) is 5.69 Å². The summed E-state index contributed by atoms with van der Waals surface area (Å²) in [4.78, 5) is 12.3. The van der Waals surface area contributed by atoms with Gasteiger partial charge in [-0.05, 0) is 36.4 Å². The molecule has 0 spiro atoms. The van der Waals surface area contributed by atoms with Crippen molar-refractivity contribution in [2.75, 3.05) is 11.1 Å². The Morgan fingerprint density at radius 1 is 0.964 bits per heavy atom. The van der Waals surface area contributed by atoms with Gasteiger partial charge in [0.15, 0.2) is 5.76 Å². The zero-order valence-corrected chi connectivity index (χ0v) is 15.2. The molecule has 0 unspecified atom stereocenters. The van der Waals surface area contributed by atoms with Gasteiger partial charge in [-0.15, -0.1) is 10.2 Å². The first-order valence-electron chi connectivity index (χ1n) is 8.47. The molecule has 1 N–H and O–H groups in total. The van der Waals surface area contributed by atoms with Crippen LogP contribution in [0, 0.1) is 0 Å². The van der Waals surface area contributed by atoms with Gasteiger partial charge in [0.1, 0.15) is 11.2 Å². The molecule has 1 amide bonds. The number of furan rings is 2. The number of carbonyl (C=O) groups excluding carboxylic acids is 1. The van der Waals surface area contributed by atoms with E-state index < -0.39 is 0 Å². The molecule has 2 aromatic carbocycles. The summed E-state index contributed by atoms with van der Waals surface area (Å²) >= 11 is 1.16. The van der Waals surface area contributed by atoms with Crippen molar-refractivity contribution in [3.8, 4) is 11.7 Å². The van der Waals surface area contributed by atoms with Crippen molar-refractivity contribution in [3.05, 3.63) is 60.9 Å². The molecule has 5 aromatic rings. The Hall–Kier alpha value is -3.52. The highest BCUT2D eigenvalue weighted by atomic mass is 32.2. The minimum atomic E-state index is -0.171. The topological polar surface area (TPSA) is 94.3 Å². The number of aromatic nitrogens is 2. The number of thioether (sulfide) groups is 1.